The van der Waals surface area contributed by atoms with Crippen molar-refractivity contribution in [3.8, 4) is 0 Å². The van der Waals surface area contributed by atoms with Crippen LogP contribution in [0.2, 0.25) is 5.02 Å². The molecule has 90 valence electrons. The second-order valence-electron chi connectivity index (χ2n) is 3.16. The number of hydrogen-bond acceptors (Lipinski definition) is 2. The molecule has 0 aromatic heterocycles. The maximum atomic E-state index is 13.4. The molecule has 2 N–H and O–H groups in total. The first-order chi connectivity index (χ1) is 7.91. The van der Waals surface area contributed by atoms with Crippen molar-refractivity contribution < 1.29 is 24.2 Å². The van der Waals surface area contributed by atoms with E-state index in [9.17, 15) is 14.0 Å². The van der Waals surface area contributed by atoms with Gasteiger partial charge in [-0.2, -0.15) is 0 Å². The number of benzene rings is 1. The summed E-state index contributed by atoms with van der Waals surface area (Å²) in [7, 11) is 0. The van der Waals surface area contributed by atoms with Crippen LogP contribution in [-0.4, -0.2) is 22.2 Å². The molecule has 1 aromatic carbocycles. The first-order valence-corrected chi connectivity index (χ1v) is 4.90. The van der Waals surface area contributed by atoms with E-state index in [1.807, 2.05) is 0 Å². The van der Waals surface area contributed by atoms with Crippen molar-refractivity contribution in [2.24, 2.45) is 0 Å². The first kappa shape index (κ1) is 13.2. The second-order valence-corrected chi connectivity index (χ2v) is 3.57. The van der Waals surface area contributed by atoms with Crippen LogP contribution < -0.4 is 0 Å². The Morgan fingerprint density at radius 3 is 2.53 bits per heavy atom. The van der Waals surface area contributed by atoms with Crippen LogP contribution in [0.3, 0.4) is 0 Å². The third-order valence-corrected chi connectivity index (χ3v) is 2.22. The number of aliphatic carboxylic acids is 1. The number of carbonyl (C=O) groups is 2. The minimum absolute atomic E-state index is 0.0428. The summed E-state index contributed by atoms with van der Waals surface area (Å²) in [6.07, 6.45) is 2.23. The van der Waals surface area contributed by atoms with E-state index in [4.69, 9.17) is 21.8 Å². The number of carboxylic acids is 2. The van der Waals surface area contributed by atoms with Gasteiger partial charge >= 0.3 is 11.9 Å². The summed E-state index contributed by atoms with van der Waals surface area (Å²) in [5.41, 5.74) is -0.291. The SMILES string of the molecule is O=C(O)CC=Cc1cc(Cl)c(C(=O)O)cc1F. The summed E-state index contributed by atoms with van der Waals surface area (Å²) in [6.45, 7) is 0. The van der Waals surface area contributed by atoms with Crippen molar-refractivity contribution in [2.75, 3.05) is 0 Å². The predicted molar refractivity (Wildman–Crippen MR) is 59.7 cm³/mol. The molecule has 4 nitrogen and oxygen atoms in total. The van der Waals surface area contributed by atoms with E-state index < -0.39 is 17.8 Å². The monoisotopic (exact) mass is 258 g/mol. The van der Waals surface area contributed by atoms with Crippen molar-refractivity contribution in [3.63, 3.8) is 0 Å². The van der Waals surface area contributed by atoms with E-state index in [2.05, 4.69) is 0 Å². The first-order valence-electron chi connectivity index (χ1n) is 4.52. The van der Waals surface area contributed by atoms with E-state index >= 15 is 0 Å². The van der Waals surface area contributed by atoms with E-state index in [0.717, 1.165) is 12.1 Å². The smallest absolute Gasteiger partial charge is 0.337 e. The zero-order valence-corrected chi connectivity index (χ0v) is 9.24. The normalized spacial score (nSPS) is 10.7. The van der Waals surface area contributed by atoms with Gasteiger partial charge in [0.05, 0.1) is 17.0 Å². The fourth-order valence-electron chi connectivity index (χ4n) is 1.14. The molecule has 0 radical (unpaired) electrons. The highest BCUT2D eigenvalue weighted by atomic mass is 35.5. The van der Waals surface area contributed by atoms with Crippen LogP contribution in [0.15, 0.2) is 18.2 Å². The number of rotatable bonds is 4. The van der Waals surface area contributed by atoms with Crippen LogP contribution >= 0.6 is 11.6 Å². The van der Waals surface area contributed by atoms with Crippen LogP contribution in [-0.2, 0) is 4.79 Å². The lowest BCUT2D eigenvalue weighted by molar-refractivity contribution is -0.135. The second kappa shape index (κ2) is 5.45. The van der Waals surface area contributed by atoms with E-state index in [1.54, 1.807) is 0 Å². The van der Waals surface area contributed by atoms with Crippen LogP contribution in [0.1, 0.15) is 22.3 Å². The average molecular weight is 259 g/mol. The zero-order valence-electron chi connectivity index (χ0n) is 8.48. The number of aromatic carboxylic acids is 1. The summed E-state index contributed by atoms with van der Waals surface area (Å²) in [4.78, 5) is 20.9. The molecule has 0 amide bonds. The Hall–Kier alpha value is -1.88. The quantitative estimate of drug-likeness (QED) is 0.871. The minimum Gasteiger partial charge on any atom is -0.481 e. The highest BCUT2D eigenvalue weighted by molar-refractivity contribution is 6.33. The molecular weight excluding hydrogens is 251 g/mol. The summed E-state index contributed by atoms with van der Waals surface area (Å²) >= 11 is 5.64. The van der Waals surface area contributed by atoms with Gasteiger partial charge in [-0.05, 0) is 12.1 Å². The Bertz CT molecular complexity index is 496. The molecule has 17 heavy (non-hydrogen) atoms. The van der Waals surface area contributed by atoms with Gasteiger partial charge in [-0.1, -0.05) is 23.8 Å². The maximum absolute atomic E-state index is 13.4. The third-order valence-electron chi connectivity index (χ3n) is 1.91. The lowest BCUT2D eigenvalue weighted by Gasteiger charge is -2.02. The molecule has 0 aliphatic carbocycles. The summed E-state index contributed by atoms with van der Waals surface area (Å²) < 4.78 is 13.4. The molecule has 0 aliphatic heterocycles. The van der Waals surface area contributed by atoms with Gasteiger partial charge < -0.3 is 10.2 Å². The molecule has 1 rings (SSSR count). The molecule has 0 fully saturated rings. The molecule has 0 heterocycles. The van der Waals surface area contributed by atoms with Crippen molar-refractivity contribution in [3.05, 3.63) is 40.2 Å². The van der Waals surface area contributed by atoms with Crippen LogP contribution in [0.25, 0.3) is 6.08 Å². The van der Waals surface area contributed by atoms with Crippen molar-refractivity contribution in [1.29, 1.82) is 0 Å². The van der Waals surface area contributed by atoms with Crippen LogP contribution in [0, 0.1) is 5.82 Å². The van der Waals surface area contributed by atoms with E-state index in [-0.39, 0.29) is 22.6 Å². The molecule has 0 spiro atoms. The van der Waals surface area contributed by atoms with E-state index in [0.29, 0.717) is 0 Å². The predicted octanol–water partition coefficient (Wildman–Crippen LogP) is 2.67. The Morgan fingerprint density at radius 2 is 2.00 bits per heavy atom. The number of hydrogen-bond donors (Lipinski definition) is 2. The van der Waals surface area contributed by atoms with Crippen LogP contribution in [0.5, 0.6) is 0 Å². The molecule has 0 saturated carbocycles. The summed E-state index contributed by atoms with van der Waals surface area (Å²) in [5, 5.41) is 17.0. The third kappa shape index (κ3) is 3.57. The average Bonchev–Trinajstić information content (AvgIpc) is 2.21. The zero-order chi connectivity index (χ0) is 13.0. The van der Waals surface area contributed by atoms with Gasteiger partial charge in [0, 0.05) is 5.56 Å². The molecule has 0 unspecified atom stereocenters. The lowest BCUT2D eigenvalue weighted by Crippen LogP contribution is -1.99. The van der Waals surface area contributed by atoms with Gasteiger partial charge in [-0.3, -0.25) is 4.79 Å². The van der Waals surface area contributed by atoms with Crippen molar-refractivity contribution in [1.82, 2.24) is 0 Å². The maximum Gasteiger partial charge on any atom is 0.337 e. The summed E-state index contributed by atoms with van der Waals surface area (Å²) in [5.74, 6) is -3.14. The molecule has 1 aromatic rings. The van der Waals surface area contributed by atoms with Gasteiger partial charge in [-0.25, -0.2) is 9.18 Å². The molecule has 0 aliphatic rings. The Morgan fingerprint density at radius 1 is 1.35 bits per heavy atom. The van der Waals surface area contributed by atoms with Gasteiger partial charge in [0.15, 0.2) is 0 Å². The van der Waals surface area contributed by atoms with E-state index in [1.165, 1.54) is 12.2 Å². The number of carboxylic acid groups (broad SMARTS) is 2. The minimum atomic E-state index is -1.32. The lowest BCUT2D eigenvalue weighted by atomic mass is 10.1. The Labute approximate surface area is 101 Å². The number of halogens is 2. The van der Waals surface area contributed by atoms with Crippen molar-refractivity contribution >= 4 is 29.6 Å². The molecular formula is C11H8ClFO4. The fourth-order valence-corrected chi connectivity index (χ4v) is 1.39. The molecule has 0 saturated heterocycles. The molecule has 0 bridgehead atoms. The fraction of sp³-hybridized carbons (Fsp3) is 0.0909. The highest BCUT2D eigenvalue weighted by Crippen LogP contribution is 2.22. The highest BCUT2D eigenvalue weighted by Gasteiger charge is 2.12. The Kier molecular flexibility index (Phi) is 4.23. The summed E-state index contributed by atoms with van der Waals surface area (Å²) in [6, 6.07) is 1.93. The Balaban J connectivity index is 3.03. The largest absolute Gasteiger partial charge is 0.481 e. The van der Waals surface area contributed by atoms with Gasteiger partial charge in [0.25, 0.3) is 0 Å². The molecule has 0 atom stereocenters. The standard InChI is InChI=1S/C11H8ClFO4/c12-8-4-6(2-1-3-10(14)15)9(13)5-7(8)11(16)17/h1-2,4-5H,3H2,(H,14,15)(H,16,17). The van der Waals surface area contributed by atoms with Gasteiger partial charge in [-0.15, -0.1) is 0 Å². The topological polar surface area (TPSA) is 74.6 Å². The molecule has 6 heteroatoms. The van der Waals surface area contributed by atoms with Gasteiger partial charge in [0.2, 0.25) is 0 Å². The van der Waals surface area contributed by atoms with Crippen LogP contribution in [0.4, 0.5) is 4.39 Å². The van der Waals surface area contributed by atoms with Gasteiger partial charge in [0.1, 0.15) is 5.82 Å². The van der Waals surface area contributed by atoms with Crippen molar-refractivity contribution in [2.45, 2.75) is 6.42 Å².